The third kappa shape index (κ3) is 3.01. The monoisotopic (exact) mass is 295 g/mol. The summed E-state index contributed by atoms with van der Waals surface area (Å²) in [5, 5.41) is 0. The first kappa shape index (κ1) is 14.3. The molecule has 3 rings (SSSR count). The molecule has 1 aliphatic heterocycles. The lowest BCUT2D eigenvalue weighted by Gasteiger charge is -2.04. The van der Waals surface area contributed by atoms with Gasteiger partial charge in [0, 0.05) is 5.56 Å². The Morgan fingerprint density at radius 3 is 2.41 bits per heavy atom. The summed E-state index contributed by atoms with van der Waals surface area (Å²) >= 11 is 0. The highest BCUT2D eigenvalue weighted by molar-refractivity contribution is 5.98. The second-order valence-corrected chi connectivity index (χ2v) is 4.96. The van der Waals surface area contributed by atoms with Gasteiger partial charge in [-0.3, -0.25) is 0 Å². The van der Waals surface area contributed by atoms with Crippen LogP contribution in [0, 0.1) is 0 Å². The van der Waals surface area contributed by atoms with Gasteiger partial charge in [-0.25, -0.2) is 9.79 Å². The lowest BCUT2D eigenvalue weighted by molar-refractivity contribution is -0.144. The molecular weight excluding hydrogens is 278 g/mol. The minimum Gasteiger partial charge on any atom is -0.475 e. The van der Waals surface area contributed by atoms with Crippen LogP contribution in [-0.4, -0.2) is 31.1 Å². The van der Waals surface area contributed by atoms with Crippen molar-refractivity contribution in [3.05, 3.63) is 60.2 Å². The minimum absolute atomic E-state index is 0.245. The highest BCUT2D eigenvalue weighted by atomic mass is 16.5. The van der Waals surface area contributed by atoms with Gasteiger partial charge in [-0.15, -0.1) is 0 Å². The van der Waals surface area contributed by atoms with Gasteiger partial charge in [-0.05, 0) is 30.2 Å². The SMILES string of the molecule is CCOC(=O)C1COC(c2ccc(-c3ccccc3)cc2)=N1. The molecule has 4 nitrogen and oxygen atoms in total. The lowest BCUT2D eigenvalue weighted by atomic mass is 10.0. The van der Waals surface area contributed by atoms with E-state index in [0.29, 0.717) is 12.5 Å². The zero-order valence-corrected chi connectivity index (χ0v) is 12.4. The average Bonchev–Trinajstić information content (AvgIpc) is 3.06. The molecular formula is C18H17NO3. The van der Waals surface area contributed by atoms with E-state index in [4.69, 9.17) is 9.47 Å². The van der Waals surface area contributed by atoms with Crippen LogP contribution in [-0.2, 0) is 14.3 Å². The van der Waals surface area contributed by atoms with Crippen molar-refractivity contribution in [1.82, 2.24) is 0 Å². The number of carbonyl (C=O) groups is 1. The summed E-state index contributed by atoms with van der Waals surface area (Å²) in [4.78, 5) is 16.0. The molecule has 0 radical (unpaired) electrons. The molecule has 22 heavy (non-hydrogen) atoms. The maximum atomic E-state index is 11.7. The molecule has 0 fully saturated rings. The Morgan fingerprint density at radius 2 is 1.73 bits per heavy atom. The van der Waals surface area contributed by atoms with Crippen molar-refractivity contribution >= 4 is 11.9 Å². The van der Waals surface area contributed by atoms with Gasteiger partial charge in [0.25, 0.3) is 0 Å². The first-order valence-corrected chi connectivity index (χ1v) is 7.31. The molecule has 0 bridgehead atoms. The van der Waals surface area contributed by atoms with Gasteiger partial charge < -0.3 is 9.47 Å². The average molecular weight is 295 g/mol. The number of carbonyl (C=O) groups excluding carboxylic acids is 1. The quantitative estimate of drug-likeness (QED) is 0.814. The molecule has 0 aromatic heterocycles. The van der Waals surface area contributed by atoms with E-state index in [-0.39, 0.29) is 12.6 Å². The molecule has 112 valence electrons. The van der Waals surface area contributed by atoms with Crippen molar-refractivity contribution in [2.45, 2.75) is 13.0 Å². The number of nitrogens with zero attached hydrogens (tertiary/aromatic N) is 1. The topological polar surface area (TPSA) is 47.9 Å². The van der Waals surface area contributed by atoms with E-state index in [0.717, 1.165) is 16.7 Å². The largest absolute Gasteiger partial charge is 0.475 e. The smallest absolute Gasteiger partial charge is 0.334 e. The predicted octanol–water partition coefficient (Wildman–Crippen LogP) is 3.06. The minimum atomic E-state index is -0.552. The Morgan fingerprint density at radius 1 is 1.09 bits per heavy atom. The van der Waals surface area contributed by atoms with Crippen LogP contribution in [0.3, 0.4) is 0 Å². The standard InChI is InChI=1S/C18H17NO3/c1-2-21-18(20)16-12-22-17(19-16)15-10-8-14(9-11-15)13-6-4-3-5-7-13/h3-11,16H,2,12H2,1H3. The van der Waals surface area contributed by atoms with Gasteiger partial charge in [0.05, 0.1) is 6.61 Å². The Bertz CT molecular complexity index is 677. The van der Waals surface area contributed by atoms with Gasteiger partial charge in [0.15, 0.2) is 6.04 Å². The Balaban J connectivity index is 1.76. The second-order valence-electron chi connectivity index (χ2n) is 4.96. The van der Waals surface area contributed by atoms with Crippen molar-refractivity contribution in [1.29, 1.82) is 0 Å². The molecule has 0 spiro atoms. The van der Waals surface area contributed by atoms with E-state index in [9.17, 15) is 4.79 Å². The summed E-state index contributed by atoms with van der Waals surface area (Å²) in [5.74, 6) is 0.163. The third-order valence-electron chi connectivity index (χ3n) is 3.45. The fourth-order valence-electron chi connectivity index (χ4n) is 2.33. The van der Waals surface area contributed by atoms with Crippen molar-refractivity contribution in [2.24, 2.45) is 4.99 Å². The fourth-order valence-corrected chi connectivity index (χ4v) is 2.33. The maximum Gasteiger partial charge on any atom is 0.334 e. The van der Waals surface area contributed by atoms with Gasteiger partial charge >= 0.3 is 5.97 Å². The number of ether oxygens (including phenoxy) is 2. The second kappa shape index (κ2) is 6.43. The normalized spacial score (nSPS) is 16.8. The molecule has 0 amide bonds. The molecule has 0 saturated heterocycles. The molecule has 2 aromatic rings. The van der Waals surface area contributed by atoms with Crippen LogP contribution in [0.4, 0.5) is 0 Å². The van der Waals surface area contributed by atoms with Crippen LogP contribution >= 0.6 is 0 Å². The number of hydrogen-bond acceptors (Lipinski definition) is 4. The summed E-state index contributed by atoms with van der Waals surface area (Å²) < 4.78 is 10.5. The van der Waals surface area contributed by atoms with Crippen LogP contribution in [0.25, 0.3) is 11.1 Å². The van der Waals surface area contributed by atoms with Crippen LogP contribution in [0.5, 0.6) is 0 Å². The molecule has 1 atom stereocenters. The number of aliphatic imine (C=N–C) groups is 1. The summed E-state index contributed by atoms with van der Waals surface area (Å²) in [5.41, 5.74) is 3.16. The molecule has 4 heteroatoms. The van der Waals surface area contributed by atoms with Crippen LogP contribution in [0.15, 0.2) is 59.6 Å². The van der Waals surface area contributed by atoms with E-state index in [1.165, 1.54) is 0 Å². The molecule has 0 N–H and O–H groups in total. The van der Waals surface area contributed by atoms with Crippen LogP contribution < -0.4 is 0 Å². The summed E-state index contributed by atoms with van der Waals surface area (Å²) in [7, 11) is 0. The van der Waals surface area contributed by atoms with E-state index >= 15 is 0 Å². The van der Waals surface area contributed by atoms with Crippen LogP contribution in [0.1, 0.15) is 12.5 Å². The van der Waals surface area contributed by atoms with Crippen molar-refractivity contribution in [3.8, 4) is 11.1 Å². The molecule has 0 saturated carbocycles. The maximum absolute atomic E-state index is 11.7. The first-order valence-electron chi connectivity index (χ1n) is 7.31. The third-order valence-corrected chi connectivity index (χ3v) is 3.45. The predicted molar refractivity (Wildman–Crippen MR) is 84.8 cm³/mol. The number of esters is 1. The summed E-state index contributed by atoms with van der Waals surface area (Å²) in [6, 6.07) is 17.5. The number of rotatable bonds is 4. The molecule has 1 unspecified atom stereocenters. The zero-order chi connectivity index (χ0) is 15.4. The first-order chi connectivity index (χ1) is 10.8. The van der Waals surface area contributed by atoms with Gasteiger partial charge in [-0.1, -0.05) is 42.5 Å². The number of hydrogen-bond donors (Lipinski definition) is 0. The summed E-state index contributed by atoms with van der Waals surface area (Å²) in [6.07, 6.45) is 0. The highest BCUT2D eigenvalue weighted by Gasteiger charge is 2.27. The van der Waals surface area contributed by atoms with E-state index in [2.05, 4.69) is 17.1 Å². The van der Waals surface area contributed by atoms with Crippen molar-refractivity contribution in [2.75, 3.05) is 13.2 Å². The Kier molecular flexibility index (Phi) is 4.19. The van der Waals surface area contributed by atoms with Gasteiger partial charge in [0.2, 0.25) is 5.90 Å². The van der Waals surface area contributed by atoms with Gasteiger partial charge in [-0.2, -0.15) is 0 Å². The van der Waals surface area contributed by atoms with Crippen molar-refractivity contribution in [3.63, 3.8) is 0 Å². The van der Waals surface area contributed by atoms with E-state index in [1.54, 1.807) is 6.92 Å². The molecule has 1 aliphatic rings. The highest BCUT2D eigenvalue weighted by Crippen LogP contribution is 2.21. The molecule has 1 heterocycles. The van der Waals surface area contributed by atoms with E-state index < -0.39 is 6.04 Å². The molecule has 2 aromatic carbocycles. The fraction of sp³-hybridized carbons (Fsp3) is 0.222. The van der Waals surface area contributed by atoms with E-state index in [1.807, 2.05) is 42.5 Å². The lowest BCUT2D eigenvalue weighted by Crippen LogP contribution is -2.22. The zero-order valence-electron chi connectivity index (χ0n) is 12.4. The number of benzene rings is 2. The molecule has 0 aliphatic carbocycles. The van der Waals surface area contributed by atoms with Crippen molar-refractivity contribution < 1.29 is 14.3 Å². The van der Waals surface area contributed by atoms with Crippen LogP contribution in [0.2, 0.25) is 0 Å². The Labute approximate surface area is 129 Å². The summed E-state index contributed by atoms with van der Waals surface area (Å²) in [6.45, 7) is 2.38. The Hall–Kier alpha value is -2.62. The van der Waals surface area contributed by atoms with Gasteiger partial charge in [0.1, 0.15) is 6.61 Å².